The predicted molar refractivity (Wildman–Crippen MR) is 95.5 cm³/mol. The Labute approximate surface area is 144 Å². The fourth-order valence-electron chi connectivity index (χ4n) is 2.93. The number of furan rings is 1. The summed E-state index contributed by atoms with van der Waals surface area (Å²) in [4.78, 5) is 21.0. The first-order valence-electron chi connectivity index (χ1n) is 8.01. The van der Waals surface area contributed by atoms with Crippen molar-refractivity contribution in [3.63, 3.8) is 0 Å². The second-order valence-electron chi connectivity index (χ2n) is 6.16. The van der Waals surface area contributed by atoms with Crippen molar-refractivity contribution in [2.75, 3.05) is 14.1 Å². The number of amides is 1. The highest BCUT2D eigenvalue weighted by Crippen LogP contribution is 2.17. The first kappa shape index (κ1) is 15.3. The number of carbonyl (C=O) groups is 1. The summed E-state index contributed by atoms with van der Waals surface area (Å²) in [7, 11) is 4.06. The third kappa shape index (κ3) is 2.82. The van der Waals surface area contributed by atoms with Gasteiger partial charge < -0.3 is 19.6 Å². The number of imidazole rings is 1. The van der Waals surface area contributed by atoms with E-state index in [0.29, 0.717) is 11.4 Å². The molecule has 0 aromatic carbocycles. The zero-order valence-electron chi connectivity index (χ0n) is 14.0. The Morgan fingerprint density at radius 1 is 1.28 bits per heavy atom. The smallest absolute Gasteiger partial charge is 0.273 e. The highest BCUT2D eigenvalue weighted by atomic mass is 16.3. The van der Waals surface area contributed by atoms with Crippen molar-refractivity contribution in [2.45, 2.75) is 6.42 Å². The van der Waals surface area contributed by atoms with Crippen molar-refractivity contribution in [3.05, 3.63) is 69.8 Å². The molecular weight excluding hydrogens is 316 g/mol. The lowest BCUT2D eigenvalue weighted by Gasteiger charge is -2.18. The molecule has 6 heteroatoms. The molecule has 6 nitrogen and oxygen atoms in total. The predicted octanol–water partition coefficient (Wildman–Crippen LogP) is 0.906. The fourth-order valence-corrected chi connectivity index (χ4v) is 2.93. The molecule has 0 saturated heterocycles. The van der Waals surface area contributed by atoms with E-state index in [2.05, 4.69) is 26.3 Å². The van der Waals surface area contributed by atoms with Gasteiger partial charge in [-0.1, -0.05) is 6.08 Å². The van der Waals surface area contributed by atoms with E-state index in [1.807, 2.05) is 44.5 Å². The Kier molecular flexibility index (Phi) is 3.65. The molecule has 0 fully saturated rings. The summed E-state index contributed by atoms with van der Waals surface area (Å²) in [6.45, 7) is 0. The van der Waals surface area contributed by atoms with Crippen LogP contribution in [0.3, 0.4) is 0 Å². The Morgan fingerprint density at radius 2 is 2.16 bits per heavy atom. The van der Waals surface area contributed by atoms with E-state index in [-0.39, 0.29) is 5.91 Å². The number of rotatable bonds is 3. The standard InChI is InChI=1S/C19H18N4O2/c1-23(2)13-6-7-18-15(9-13)14-8-12(4-3-5-17(14)25-18)22-19(24)16-10-20-11-21-16/h3-8,10-11H,9H2,1-2H3,(H,20,21)(H,22,24). The second kappa shape index (κ2) is 5.98. The van der Waals surface area contributed by atoms with Gasteiger partial charge in [-0.2, -0.15) is 0 Å². The molecule has 0 radical (unpaired) electrons. The van der Waals surface area contributed by atoms with Gasteiger partial charge in [-0.05, 0) is 30.4 Å². The van der Waals surface area contributed by atoms with Gasteiger partial charge in [0.2, 0.25) is 0 Å². The summed E-state index contributed by atoms with van der Waals surface area (Å²) in [5, 5.41) is 2.90. The van der Waals surface area contributed by atoms with Crippen LogP contribution in [-0.4, -0.2) is 34.9 Å². The zero-order valence-corrected chi connectivity index (χ0v) is 14.0. The maximum absolute atomic E-state index is 12.3. The highest BCUT2D eigenvalue weighted by molar-refractivity contribution is 5.94. The maximum Gasteiger partial charge on any atom is 0.273 e. The van der Waals surface area contributed by atoms with Gasteiger partial charge >= 0.3 is 0 Å². The lowest BCUT2D eigenvalue weighted by molar-refractivity contribution is 0.0963. The summed E-state index contributed by atoms with van der Waals surface area (Å²) < 4.78 is 5.96. The van der Waals surface area contributed by atoms with Crippen LogP contribution in [0.2, 0.25) is 0 Å². The molecule has 2 heterocycles. The van der Waals surface area contributed by atoms with Crippen LogP contribution in [0.4, 0.5) is 0 Å². The van der Waals surface area contributed by atoms with Crippen LogP contribution in [0.15, 0.2) is 46.6 Å². The van der Waals surface area contributed by atoms with E-state index in [1.54, 1.807) is 0 Å². The summed E-state index contributed by atoms with van der Waals surface area (Å²) in [6.07, 6.45) is 15.4. The Hall–Kier alpha value is -3.28. The number of allylic oxidation sites excluding steroid dienone is 4. The van der Waals surface area contributed by atoms with Gasteiger partial charge in [-0.3, -0.25) is 4.79 Å². The van der Waals surface area contributed by atoms with Crippen molar-refractivity contribution in [3.8, 4) is 0 Å². The Morgan fingerprint density at radius 3 is 2.92 bits per heavy atom. The lowest BCUT2D eigenvalue weighted by Crippen LogP contribution is -2.22. The average molecular weight is 334 g/mol. The number of likely N-dealkylation sites (N-methyl/N-ethyl adjacent to an activating group) is 1. The second-order valence-corrected chi connectivity index (χ2v) is 6.16. The molecule has 2 aliphatic carbocycles. The van der Waals surface area contributed by atoms with Crippen molar-refractivity contribution in [1.29, 1.82) is 0 Å². The van der Waals surface area contributed by atoms with Crippen molar-refractivity contribution >= 4 is 24.1 Å². The van der Waals surface area contributed by atoms with Crippen LogP contribution in [0.25, 0.3) is 18.2 Å². The first-order valence-corrected chi connectivity index (χ1v) is 8.01. The number of aromatic nitrogens is 2. The van der Waals surface area contributed by atoms with Crippen molar-refractivity contribution in [2.24, 2.45) is 0 Å². The van der Waals surface area contributed by atoms with Crippen LogP contribution in [0.1, 0.15) is 21.6 Å². The van der Waals surface area contributed by atoms with Gasteiger partial charge in [0.1, 0.15) is 16.5 Å². The van der Waals surface area contributed by atoms with Crippen molar-refractivity contribution < 1.29 is 9.21 Å². The lowest BCUT2D eigenvalue weighted by atomic mass is 10.0. The van der Waals surface area contributed by atoms with Gasteiger partial charge in [0.05, 0.1) is 12.5 Å². The van der Waals surface area contributed by atoms with E-state index in [4.69, 9.17) is 4.42 Å². The molecule has 4 rings (SSSR count). The van der Waals surface area contributed by atoms with Gasteiger partial charge in [-0.25, -0.2) is 4.98 Å². The van der Waals surface area contributed by atoms with Gasteiger partial charge in [0.15, 0.2) is 0 Å². The van der Waals surface area contributed by atoms with E-state index >= 15 is 0 Å². The molecule has 2 aromatic heterocycles. The molecule has 2 aromatic rings. The molecule has 0 atom stereocenters. The number of hydrogen-bond acceptors (Lipinski definition) is 4. The molecule has 2 aliphatic rings. The summed E-state index contributed by atoms with van der Waals surface area (Å²) >= 11 is 0. The number of nitrogens with one attached hydrogen (secondary N) is 2. The van der Waals surface area contributed by atoms with Crippen LogP contribution < -0.4 is 16.1 Å². The molecule has 1 amide bonds. The molecule has 126 valence electrons. The van der Waals surface area contributed by atoms with Crippen LogP contribution in [0.5, 0.6) is 0 Å². The number of nitrogens with zero attached hydrogens (tertiary/aromatic N) is 2. The van der Waals surface area contributed by atoms with Gasteiger partial charge in [0.25, 0.3) is 5.91 Å². The van der Waals surface area contributed by atoms with Crippen LogP contribution >= 0.6 is 0 Å². The topological polar surface area (TPSA) is 74.2 Å². The third-order valence-electron chi connectivity index (χ3n) is 4.29. The molecule has 25 heavy (non-hydrogen) atoms. The molecule has 0 unspecified atom stereocenters. The molecule has 2 N–H and O–H groups in total. The normalized spacial score (nSPS) is 15.0. The minimum atomic E-state index is -0.227. The first-order chi connectivity index (χ1) is 12.1. The Bertz CT molecular complexity index is 1030. The molecule has 0 spiro atoms. The fraction of sp³-hybridized carbons (Fsp3) is 0.158. The number of carbonyl (C=O) groups excluding carboxylic acids is 1. The van der Waals surface area contributed by atoms with E-state index in [0.717, 1.165) is 28.4 Å². The van der Waals surface area contributed by atoms with Crippen LogP contribution in [-0.2, 0) is 6.42 Å². The minimum Gasteiger partial charge on any atom is -0.456 e. The summed E-state index contributed by atoms with van der Waals surface area (Å²) in [6, 6.07) is 0. The molecular formula is C19H18N4O2. The zero-order chi connectivity index (χ0) is 17.4. The number of fused-ring (bicyclic) bond motifs is 3. The van der Waals surface area contributed by atoms with E-state index < -0.39 is 0 Å². The number of H-pyrrole nitrogens is 1. The largest absolute Gasteiger partial charge is 0.456 e. The third-order valence-corrected chi connectivity index (χ3v) is 4.29. The number of aromatic amines is 1. The average Bonchev–Trinajstić information content (AvgIpc) is 3.19. The number of hydrogen-bond donors (Lipinski definition) is 2. The SMILES string of the molecule is CN(C)C1=CC=c2oc3c(c2C1)C=C(NC(=O)c1cnc[nH]1)C=CC=3. The quantitative estimate of drug-likeness (QED) is 0.875. The van der Waals surface area contributed by atoms with E-state index in [1.165, 1.54) is 18.2 Å². The molecule has 0 aliphatic heterocycles. The Balaban J connectivity index is 1.70. The van der Waals surface area contributed by atoms with Crippen LogP contribution in [0, 0.1) is 0 Å². The highest BCUT2D eigenvalue weighted by Gasteiger charge is 2.17. The van der Waals surface area contributed by atoms with Gasteiger partial charge in [0, 0.05) is 43.0 Å². The maximum atomic E-state index is 12.3. The summed E-state index contributed by atoms with van der Waals surface area (Å²) in [5.41, 5.74) is 6.15. The van der Waals surface area contributed by atoms with Gasteiger partial charge in [-0.15, -0.1) is 0 Å². The monoisotopic (exact) mass is 334 g/mol. The summed E-state index contributed by atoms with van der Waals surface area (Å²) in [5.74, 6) is -0.227. The van der Waals surface area contributed by atoms with Crippen molar-refractivity contribution in [1.82, 2.24) is 20.2 Å². The molecule has 0 saturated carbocycles. The minimum absolute atomic E-state index is 0.227. The molecule has 0 bridgehead atoms. The van der Waals surface area contributed by atoms with E-state index in [9.17, 15) is 4.79 Å².